The maximum absolute atomic E-state index is 2.71. The van der Waals surface area contributed by atoms with Crippen molar-refractivity contribution < 1.29 is 0 Å². The summed E-state index contributed by atoms with van der Waals surface area (Å²) in [5.74, 6) is 6.32. The van der Waals surface area contributed by atoms with E-state index in [4.69, 9.17) is 0 Å². The Morgan fingerprint density at radius 3 is 2.44 bits per heavy atom. The Hall–Kier alpha value is -0.520. The fraction of sp³-hybridized carbons (Fsp3) is 0.852. The molecule has 2 fully saturated rings. The molecule has 8 atom stereocenters. The van der Waals surface area contributed by atoms with Crippen molar-refractivity contribution in [3.63, 3.8) is 0 Å². The van der Waals surface area contributed by atoms with Gasteiger partial charge in [0.15, 0.2) is 0 Å². The lowest BCUT2D eigenvalue weighted by Gasteiger charge is -2.58. The molecule has 0 aromatic heterocycles. The predicted octanol–water partition coefficient (Wildman–Crippen LogP) is 8.05. The highest BCUT2D eigenvalue weighted by Crippen LogP contribution is 2.66. The molecule has 0 amide bonds. The zero-order valence-corrected chi connectivity index (χ0v) is 18.7. The van der Waals surface area contributed by atoms with Crippen LogP contribution in [0.2, 0.25) is 0 Å². The Labute approximate surface area is 169 Å². The first-order valence-electron chi connectivity index (χ1n) is 12.2. The highest BCUT2D eigenvalue weighted by Gasteiger charge is 2.58. The molecule has 0 nitrogen and oxygen atoms in total. The second-order valence-electron chi connectivity index (χ2n) is 11.7. The monoisotopic (exact) mass is 368 g/mol. The third-order valence-electron chi connectivity index (χ3n) is 9.91. The number of fused-ring (bicyclic) bond motifs is 5. The lowest BCUT2D eigenvalue weighted by molar-refractivity contribution is -0.0520. The molecule has 0 bridgehead atoms. The molecule has 0 aromatic carbocycles. The molecular weight excluding hydrogens is 324 g/mol. The van der Waals surface area contributed by atoms with Gasteiger partial charge < -0.3 is 0 Å². The van der Waals surface area contributed by atoms with Crippen LogP contribution >= 0.6 is 0 Å². The summed E-state index contributed by atoms with van der Waals surface area (Å²) in [6, 6.07) is 0. The number of hydrogen-bond acceptors (Lipinski definition) is 0. The van der Waals surface area contributed by atoms with Crippen LogP contribution in [0.25, 0.3) is 0 Å². The molecular formula is C27H44. The van der Waals surface area contributed by atoms with Crippen molar-refractivity contribution in [1.82, 2.24) is 0 Å². The average Bonchev–Trinajstić information content (AvgIpc) is 2.98. The van der Waals surface area contributed by atoms with Gasteiger partial charge in [-0.3, -0.25) is 0 Å². The lowest BCUT2D eigenvalue weighted by Crippen LogP contribution is -2.50. The minimum atomic E-state index is 0.538. The molecule has 4 aliphatic carbocycles. The van der Waals surface area contributed by atoms with E-state index in [1.54, 1.807) is 0 Å². The molecule has 0 unspecified atom stereocenters. The Bertz CT molecular complexity index is 583. The van der Waals surface area contributed by atoms with E-state index >= 15 is 0 Å². The van der Waals surface area contributed by atoms with Gasteiger partial charge in [0.2, 0.25) is 0 Å². The Morgan fingerprint density at radius 1 is 0.889 bits per heavy atom. The van der Waals surface area contributed by atoms with E-state index in [0.29, 0.717) is 10.8 Å². The van der Waals surface area contributed by atoms with E-state index in [9.17, 15) is 0 Å². The normalized spacial score (nSPS) is 46.8. The van der Waals surface area contributed by atoms with Crippen molar-refractivity contribution in [3.05, 3.63) is 24.3 Å². The van der Waals surface area contributed by atoms with Crippen molar-refractivity contribution in [3.8, 4) is 0 Å². The molecule has 4 rings (SSSR count). The van der Waals surface area contributed by atoms with Gasteiger partial charge in [0.05, 0.1) is 0 Å². The fourth-order valence-corrected chi connectivity index (χ4v) is 8.25. The molecule has 0 radical (unpaired) electrons. The van der Waals surface area contributed by atoms with Gasteiger partial charge in [-0.25, -0.2) is 0 Å². The van der Waals surface area contributed by atoms with Gasteiger partial charge in [0.25, 0.3) is 0 Å². The second-order valence-corrected chi connectivity index (χ2v) is 11.7. The largest absolute Gasteiger partial charge is 0.0879 e. The van der Waals surface area contributed by atoms with E-state index in [0.717, 1.165) is 41.4 Å². The molecule has 0 spiro atoms. The first kappa shape index (κ1) is 19.8. The molecule has 152 valence electrons. The summed E-state index contributed by atoms with van der Waals surface area (Å²) in [6.07, 6.45) is 23.2. The van der Waals surface area contributed by atoms with Crippen LogP contribution in [0.3, 0.4) is 0 Å². The predicted molar refractivity (Wildman–Crippen MR) is 117 cm³/mol. The van der Waals surface area contributed by atoms with Crippen molar-refractivity contribution in [1.29, 1.82) is 0 Å². The summed E-state index contributed by atoms with van der Waals surface area (Å²) in [4.78, 5) is 0. The molecule has 0 N–H and O–H groups in total. The number of allylic oxidation sites excluding steroid dienone is 4. The van der Waals surface area contributed by atoms with Crippen LogP contribution < -0.4 is 0 Å². The van der Waals surface area contributed by atoms with Crippen molar-refractivity contribution in [2.75, 3.05) is 0 Å². The van der Waals surface area contributed by atoms with E-state index in [-0.39, 0.29) is 0 Å². The Kier molecular flexibility index (Phi) is 5.41. The van der Waals surface area contributed by atoms with Gasteiger partial charge in [-0.05, 0) is 90.8 Å². The Morgan fingerprint density at radius 2 is 1.67 bits per heavy atom. The third kappa shape index (κ3) is 3.28. The van der Waals surface area contributed by atoms with E-state index in [1.807, 2.05) is 0 Å². The summed E-state index contributed by atoms with van der Waals surface area (Å²) >= 11 is 0. The maximum Gasteiger partial charge on any atom is -0.0139 e. The van der Waals surface area contributed by atoms with E-state index < -0.39 is 0 Å². The highest BCUT2D eigenvalue weighted by molar-refractivity contribution is 5.20. The molecule has 0 heteroatoms. The summed E-state index contributed by atoms with van der Waals surface area (Å²) in [7, 11) is 0. The van der Waals surface area contributed by atoms with Gasteiger partial charge in [0.1, 0.15) is 0 Å². The van der Waals surface area contributed by atoms with Crippen molar-refractivity contribution in [2.45, 2.75) is 92.4 Å². The van der Waals surface area contributed by atoms with Crippen LogP contribution in [0, 0.1) is 52.3 Å². The smallest absolute Gasteiger partial charge is 0.0139 e. The summed E-state index contributed by atoms with van der Waals surface area (Å²) in [5, 5.41) is 0. The van der Waals surface area contributed by atoms with Crippen LogP contribution in [0.15, 0.2) is 24.3 Å². The molecule has 27 heavy (non-hydrogen) atoms. The molecule has 0 aromatic rings. The highest BCUT2D eigenvalue weighted by atomic mass is 14.6. The average molecular weight is 369 g/mol. The van der Waals surface area contributed by atoms with Gasteiger partial charge in [0, 0.05) is 0 Å². The minimum Gasteiger partial charge on any atom is -0.0879 e. The van der Waals surface area contributed by atoms with Gasteiger partial charge in [-0.1, -0.05) is 78.2 Å². The summed E-state index contributed by atoms with van der Waals surface area (Å²) < 4.78 is 0. The van der Waals surface area contributed by atoms with Crippen molar-refractivity contribution in [2.24, 2.45) is 52.3 Å². The van der Waals surface area contributed by atoms with E-state index in [1.165, 1.54) is 57.8 Å². The van der Waals surface area contributed by atoms with E-state index in [2.05, 4.69) is 58.9 Å². The molecule has 0 heterocycles. The van der Waals surface area contributed by atoms with Crippen LogP contribution in [0.5, 0.6) is 0 Å². The summed E-state index contributed by atoms with van der Waals surface area (Å²) in [6.45, 7) is 12.7. The topological polar surface area (TPSA) is 0 Å². The second kappa shape index (κ2) is 7.38. The molecule has 2 saturated carbocycles. The zero-order chi connectivity index (χ0) is 19.2. The first-order valence-corrected chi connectivity index (χ1v) is 12.2. The van der Waals surface area contributed by atoms with Crippen LogP contribution in [-0.2, 0) is 0 Å². The third-order valence-corrected chi connectivity index (χ3v) is 9.91. The van der Waals surface area contributed by atoms with Crippen LogP contribution in [0.1, 0.15) is 92.4 Å². The molecule has 0 aliphatic heterocycles. The quantitative estimate of drug-likeness (QED) is 0.430. The lowest BCUT2D eigenvalue weighted by atomic mass is 9.47. The van der Waals surface area contributed by atoms with Gasteiger partial charge >= 0.3 is 0 Å². The van der Waals surface area contributed by atoms with Gasteiger partial charge in [-0.15, -0.1) is 0 Å². The molecule has 0 saturated heterocycles. The van der Waals surface area contributed by atoms with Crippen LogP contribution in [0.4, 0.5) is 0 Å². The van der Waals surface area contributed by atoms with Crippen molar-refractivity contribution >= 4 is 0 Å². The standard InChI is InChI=1S/C27H44/c1-19(2)9-8-10-20(3)23-14-15-24-22-13-12-21-11-6-7-17-26(21,4)25(22)16-18-27(23,24)5/h6-7,12-13,19-25H,8-11,14-18H2,1-5H3/t20-,21-,22+,23-,24+,25+,26+,27-/m1/s1. The zero-order valence-electron chi connectivity index (χ0n) is 18.7. The summed E-state index contributed by atoms with van der Waals surface area (Å²) in [5.41, 5.74) is 1.15. The minimum absolute atomic E-state index is 0.538. The maximum atomic E-state index is 2.71. The Balaban J connectivity index is 1.50. The fourth-order valence-electron chi connectivity index (χ4n) is 8.25. The SMILES string of the molecule is CC(C)CCC[C@@H](C)[C@H]1CC[C@H]2[C@@H]3C=C[C@H]4CC=CC[C@]4(C)[C@H]3CC[C@]12C. The van der Waals surface area contributed by atoms with Gasteiger partial charge in [-0.2, -0.15) is 0 Å². The number of hydrogen-bond donors (Lipinski definition) is 0. The first-order chi connectivity index (χ1) is 12.9. The van der Waals surface area contributed by atoms with Crippen LogP contribution in [-0.4, -0.2) is 0 Å². The molecule has 4 aliphatic rings. The number of rotatable bonds is 5.